The maximum Gasteiger partial charge on any atom is 0.269 e. The molecule has 0 aliphatic carbocycles. The molecule has 0 radical (unpaired) electrons. The molecule has 28 heavy (non-hydrogen) atoms. The average molecular weight is 373 g/mol. The molecule has 0 atom stereocenters. The van der Waals surface area contributed by atoms with Crippen LogP contribution in [0.2, 0.25) is 0 Å². The third kappa shape index (κ3) is 3.45. The first-order valence-electron chi connectivity index (χ1n) is 8.49. The van der Waals surface area contributed by atoms with Crippen molar-refractivity contribution in [3.8, 4) is 17.2 Å². The number of non-ortho nitro benzene ring substituents is 1. The number of aromatic hydroxyl groups is 1. The van der Waals surface area contributed by atoms with Crippen LogP contribution in [0.25, 0.3) is 22.6 Å². The van der Waals surface area contributed by atoms with Crippen molar-refractivity contribution in [2.24, 2.45) is 4.99 Å². The Morgan fingerprint density at radius 2 is 1.89 bits per heavy atom. The van der Waals surface area contributed by atoms with Crippen LogP contribution in [0.4, 0.5) is 11.4 Å². The lowest BCUT2D eigenvalue weighted by Crippen LogP contribution is -1.88. The van der Waals surface area contributed by atoms with Crippen molar-refractivity contribution < 1.29 is 14.4 Å². The van der Waals surface area contributed by atoms with Gasteiger partial charge in [-0.1, -0.05) is 6.07 Å². The van der Waals surface area contributed by atoms with E-state index in [1.54, 1.807) is 30.5 Å². The topological polar surface area (TPSA) is 102 Å². The van der Waals surface area contributed by atoms with E-state index in [1.165, 1.54) is 18.2 Å². The second-order valence-electron chi connectivity index (χ2n) is 6.30. The van der Waals surface area contributed by atoms with Gasteiger partial charge in [0.15, 0.2) is 5.58 Å². The molecule has 7 heteroatoms. The van der Waals surface area contributed by atoms with E-state index in [2.05, 4.69) is 9.98 Å². The Bertz CT molecular complexity index is 1210. The molecule has 0 aliphatic heterocycles. The molecule has 0 amide bonds. The summed E-state index contributed by atoms with van der Waals surface area (Å²) < 4.78 is 5.75. The Morgan fingerprint density at radius 1 is 1.11 bits per heavy atom. The minimum atomic E-state index is -0.453. The largest absolute Gasteiger partial charge is 0.507 e. The number of phenols is 1. The molecule has 0 aliphatic rings. The van der Waals surface area contributed by atoms with E-state index in [-0.39, 0.29) is 11.4 Å². The quantitative estimate of drug-likeness (QED) is 0.302. The molecule has 4 aromatic rings. The minimum Gasteiger partial charge on any atom is -0.507 e. The fraction of sp³-hybridized carbons (Fsp3) is 0.0476. The van der Waals surface area contributed by atoms with Gasteiger partial charge in [0, 0.05) is 24.4 Å². The number of oxazole rings is 1. The zero-order valence-corrected chi connectivity index (χ0v) is 14.9. The van der Waals surface area contributed by atoms with Gasteiger partial charge in [0.25, 0.3) is 5.69 Å². The summed E-state index contributed by atoms with van der Waals surface area (Å²) in [6, 6.07) is 16.7. The van der Waals surface area contributed by atoms with Crippen LogP contribution in [0.1, 0.15) is 11.1 Å². The molecule has 0 fully saturated rings. The maximum atomic E-state index is 10.7. The zero-order valence-electron chi connectivity index (χ0n) is 14.9. The standard InChI is InChI=1S/C21H15N3O4/c1-13-2-9-18-20(10-13)28-21(23-18)17-8-5-15(11-19(17)25)22-12-14-3-6-16(7-4-14)24(26)27/h2-12,25H,1H3. The fourth-order valence-corrected chi connectivity index (χ4v) is 2.76. The number of hydrogen-bond acceptors (Lipinski definition) is 6. The smallest absolute Gasteiger partial charge is 0.269 e. The summed E-state index contributed by atoms with van der Waals surface area (Å²) in [6.45, 7) is 1.97. The van der Waals surface area contributed by atoms with E-state index in [9.17, 15) is 15.2 Å². The number of nitro groups is 1. The summed E-state index contributed by atoms with van der Waals surface area (Å²) >= 11 is 0. The molecule has 1 heterocycles. The average Bonchev–Trinajstić information content (AvgIpc) is 3.09. The summed E-state index contributed by atoms with van der Waals surface area (Å²) in [6.07, 6.45) is 1.57. The summed E-state index contributed by atoms with van der Waals surface area (Å²) in [5.41, 5.74) is 4.19. The number of nitrogens with zero attached hydrogens (tertiary/aromatic N) is 3. The van der Waals surface area contributed by atoms with E-state index in [4.69, 9.17) is 4.42 Å². The minimum absolute atomic E-state index is 0.00151. The van der Waals surface area contributed by atoms with Crippen LogP contribution < -0.4 is 0 Å². The molecule has 0 saturated heterocycles. The van der Waals surface area contributed by atoms with E-state index in [0.29, 0.717) is 28.3 Å². The predicted molar refractivity (Wildman–Crippen MR) is 106 cm³/mol. The molecular formula is C21H15N3O4. The van der Waals surface area contributed by atoms with Gasteiger partial charge in [-0.05, 0) is 54.4 Å². The number of aliphatic imine (C=N–C) groups is 1. The molecule has 4 rings (SSSR count). The van der Waals surface area contributed by atoms with Crippen LogP contribution in [0.3, 0.4) is 0 Å². The van der Waals surface area contributed by atoms with Gasteiger partial charge >= 0.3 is 0 Å². The lowest BCUT2D eigenvalue weighted by atomic mass is 10.1. The second-order valence-corrected chi connectivity index (χ2v) is 6.30. The van der Waals surface area contributed by atoms with Crippen LogP contribution in [-0.2, 0) is 0 Å². The number of aromatic nitrogens is 1. The summed E-state index contributed by atoms with van der Waals surface area (Å²) in [5.74, 6) is 0.339. The Hall–Kier alpha value is -4.00. The third-order valence-corrected chi connectivity index (χ3v) is 4.22. The molecule has 0 bridgehead atoms. The van der Waals surface area contributed by atoms with E-state index in [0.717, 1.165) is 11.1 Å². The molecule has 138 valence electrons. The number of phenolic OH excluding ortho intramolecular Hbond substituents is 1. The van der Waals surface area contributed by atoms with Gasteiger partial charge in [0.2, 0.25) is 5.89 Å². The molecule has 0 unspecified atom stereocenters. The van der Waals surface area contributed by atoms with Gasteiger partial charge < -0.3 is 9.52 Å². The highest BCUT2D eigenvalue weighted by molar-refractivity contribution is 5.83. The number of rotatable bonds is 4. The van der Waals surface area contributed by atoms with E-state index >= 15 is 0 Å². The maximum absolute atomic E-state index is 10.7. The molecule has 7 nitrogen and oxygen atoms in total. The van der Waals surface area contributed by atoms with Gasteiger partial charge in [0.1, 0.15) is 11.3 Å². The number of fused-ring (bicyclic) bond motifs is 1. The molecule has 0 spiro atoms. The Labute approximate surface area is 159 Å². The Balaban J connectivity index is 1.59. The first-order chi connectivity index (χ1) is 13.5. The van der Waals surface area contributed by atoms with Gasteiger partial charge in [0.05, 0.1) is 16.2 Å². The Kier molecular flexibility index (Phi) is 4.33. The van der Waals surface area contributed by atoms with Crippen molar-refractivity contribution in [2.75, 3.05) is 0 Å². The van der Waals surface area contributed by atoms with E-state index < -0.39 is 4.92 Å². The third-order valence-electron chi connectivity index (χ3n) is 4.22. The highest BCUT2D eigenvalue weighted by Gasteiger charge is 2.13. The molecule has 0 saturated carbocycles. The summed E-state index contributed by atoms with van der Waals surface area (Å²) in [7, 11) is 0. The number of nitro benzene ring substituents is 1. The van der Waals surface area contributed by atoms with Gasteiger partial charge in [-0.2, -0.15) is 0 Å². The highest BCUT2D eigenvalue weighted by atomic mass is 16.6. The highest BCUT2D eigenvalue weighted by Crippen LogP contribution is 2.34. The van der Waals surface area contributed by atoms with Gasteiger partial charge in [-0.3, -0.25) is 15.1 Å². The van der Waals surface area contributed by atoms with Crippen LogP contribution in [0.15, 0.2) is 70.1 Å². The van der Waals surface area contributed by atoms with E-state index in [1.807, 2.05) is 25.1 Å². The Morgan fingerprint density at radius 3 is 2.61 bits per heavy atom. The van der Waals surface area contributed by atoms with Crippen molar-refractivity contribution in [1.29, 1.82) is 0 Å². The lowest BCUT2D eigenvalue weighted by molar-refractivity contribution is -0.384. The monoisotopic (exact) mass is 373 g/mol. The lowest BCUT2D eigenvalue weighted by Gasteiger charge is -2.01. The fourth-order valence-electron chi connectivity index (χ4n) is 2.76. The van der Waals surface area contributed by atoms with Crippen molar-refractivity contribution >= 4 is 28.7 Å². The van der Waals surface area contributed by atoms with Gasteiger partial charge in [-0.25, -0.2) is 4.98 Å². The predicted octanol–water partition coefficient (Wildman–Crippen LogP) is 5.17. The first kappa shape index (κ1) is 17.4. The molecule has 1 N–H and O–H groups in total. The van der Waals surface area contributed by atoms with Crippen LogP contribution in [0, 0.1) is 17.0 Å². The number of aryl methyl sites for hydroxylation is 1. The molecule has 1 aromatic heterocycles. The normalized spacial score (nSPS) is 11.3. The number of benzene rings is 3. The summed E-state index contributed by atoms with van der Waals surface area (Å²) in [4.78, 5) is 18.9. The SMILES string of the molecule is Cc1ccc2nc(-c3ccc(N=Cc4ccc([N+](=O)[O-])cc4)cc3O)oc2c1. The number of hydrogen-bond donors (Lipinski definition) is 1. The van der Waals surface area contributed by atoms with Crippen molar-refractivity contribution in [1.82, 2.24) is 4.98 Å². The molecule has 3 aromatic carbocycles. The van der Waals surface area contributed by atoms with Gasteiger partial charge in [-0.15, -0.1) is 0 Å². The summed E-state index contributed by atoms with van der Waals surface area (Å²) in [5, 5.41) is 21.1. The van der Waals surface area contributed by atoms with Crippen LogP contribution in [0.5, 0.6) is 5.75 Å². The van der Waals surface area contributed by atoms with Crippen LogP contribution in [-0.4, -0.2) is 21.2 Å². The zero-order chi connectivity index (χ0) is 19.7. The van der Waals surface area contributed by atoms with Crippen molar-refractivity contribution in [3.63, 3.8) is 0 Å². The first-order valence-corrected chi connectivity index (χ1v) is 8.49. The molecular weight excluding hydrogens is 358 g/mol. The van der Waals surface area contributed by atoms with Crippen LogP contribution >= 0.6 is 0 Å². The second kappa shape index (κ2) is 6.96. The van der Waals surface area contributed by atoms with Crippen molar-refractivity contribution in [2.45, 2.75) is 6.92 Å². The van der Waals surface area contributed by atoms with Crippen molar-refractivity contribution in [3.05, 3.63) is 81.9 Å².